The van der Waals surface area contributed by atoms with Crippen LogP contribution >= 0.6 is 0 Å². The maximum atomic E-state index is 14.6. The van der Waals surface area contributed by atoms with Crippen LogP contribution in [0, 0.1) is 24.4 Å². The summed E-state index contributed by atoms with van der Waals surface area (Å²) in [5, 5.41) is 0. The highest BCUT2D eigenvalue weighted by Gasteiger charge is 2.39. The van der Waals surface area contributed by atoms with Crippen molar-refractivity contribution in [3.63, 3.8) is 0 Å². The van der Waals surface area contributed by atoms with Gasteiger partial charge in [0.1, 0.15) is 11.3 Å². The van der Waals surface area contributed by atoms with Crippen molar-refractivity contribution in [1.82, 2.24) is 14.0 Å². The second-order valence-electron chi connectivity index (χ2n) is 9.68. The number of rotatable bonds is 2. The van der Waals surface area contributed by atoms with Gasteiger partial charge >= 0.3 is 6.18 Å². The number of aromatic nitrogens is 3. The van der Waals surface area contributed by atoms with E-state index in [0.717, 1.165) is 6.07 Å². The zero-order valence-electron chi connectivity index (χ0n) is 20.9. The number of alkyl halides is 3. The van der Waals surface area contributed by atoms with Crippen LogP contribution in [0.5, 0.6) is 0 Å². The van der Waals surface area contributed by atoms with E-state index in [1.54, 1.807) is 36.6 Å². The molecule has 0 bridgehead atoms. The third kappa shape index (κ3) is 3.63. The van der Waals surface area contributed by atoms with Gasteiger partial charge in [0.15, 0.2) is 17.5 Å². The van der Waals surface area contributed by atoms with Gasteiger partial charge in [-0.1, -0.05) is 6.07 Å². The fraction of sp³-hybridized carbons (Fsp3) is 0.214. The van der Waals surface area contributed by atoms with E-state index in [-0.39, 0.29) is 16.8 Å². The third-order valence-electron chi connectivity index (χ3n) is 7.39. The van der Waals surface area contributed by atoms with Crippen molar-refractivity contribution >= 4 is 28.0 Å². The Morgan fingerprint density at radius 3 is 2.38 bits per heavy atom. The van der Waals surface area contributed by atoms with Crippen molar-refractivity contribution in [3.05, 3.63) is 88.3 Å². The average Bonchev–Trinajstić information content (AvgIpc) is 3.39. The summed E-state index contributed by atoms with van der Waals surface area (Å²) in [6, 6.07) is 6.87. The molecule has 11 heteroatoms. The Bertz CT molecular complexity index is 1830. The number of fused-ring (bicyclic) bond motifs is 4. The summed E-state index contributed by atoms with van der Waals surface area (Å²) in [7, 11) is 3.35. The average molecular weight is 542 g/mol. The van der Waals surface area contributed by atoms with Gasteiger partial charge in [-0.2, -0.15) is 13.2 Å². The Balaban J connectivity index is 1.69. The van der Waals surface area contributed by atoms with Crippen LogP contribution in [0.4, 0.5) is 32.0 Å². The molecule has 0 amide bonds. The molecule has 0 saturated carbocycles. The standard InChI is InChI=1S/C28H20F6N4O/c1-13-35-24-20(37(13)3)12-17(28(32,33)34)22-16-5-4-7-38-21(11-14(25(16)38)6-8-36(2)26(22)24)27(39)15-9-18(29)23(31)19(30)10-15/h4-5,7,9-12H,6,8H2,1-3H3. The molecule has 0 N–H and O–H groups in total. The zero-order valence-corrected chi connectivity index (χ0v) is 20.9. The van der Waals surface area contributed by atoms with Crippen LogP contribution in [0.2, 0.25) is 0 Å². The second kappa shape index (κ2) is 8.36. The molecule has 5 nitrogen and oxygen atoms in total. The van der Waals surface area contributed by atoms with Gasteiger partial charge in [0.2, 0.25) is 5.78 Å². The van der Waals surface area contributed by atoms with Gasteiger partial charge in [0, 0.05) is 43.5 Å². The monoisotopic (exact) mass is 542 g/mol. The first-order valence-corrected chi connectivity index (χ1v) is 12.0. The molecule has 3 aromatic heterocycles. The van der Waals surface area contributed by atoms with Crippen molar-refractivity contribution in [1.29, 1.82) is 0 Å². The Morgan fingerprint density at radius 1 is 1.03 bits per heavy atom. The number of ketones is 1. The van der Waals surface area contributed by atoms with Crippen LogP contribution in [0.1, 0.15) is 33.0 Å². The van der Waals surface area contributed by atoms with E-state index in [1.807, 2.05) is 0 Å². The molecule has 0 spiro atoms. The first kappa shape index (κ1) is 25.0. The van der Waals surface area contributed by atoms with Crippen molar-refractivity contribution in [2.75, 3.05) is 18.5 Å². The van der Waals surface area contributed by atoms with E-state index in [4.69, 9.17) is 0 Å². The molecular formula is C28H20F6N4O. The molecule has 1 aliphatic rings. The molecule has 0 unspecified atom stereocenters. The minimum absolute atomic E-state index is 0.0123. The molecule has 4 heterocycles. The molecule has 6 rings (SSSR count). The first-order valence-electron chi connectivity index (χ1n) is 12.0. The Hall–Kier alpha value is -4.28. The molecule has 1 aliphatic heterocycles. The van der Waals surface area contributed by atoms with Crippen LogP contribution < -0.4 is 4.90 Å². The number of carbonyl (C=O) groups excluding carboxylic acids is 1. The quantitative estimate of drug-likeness (QED) is 0.146. The molecule has 0 radical (unpaired) electrons. The number of anilines is 1. The van der Waals surface area contributed by atoms with Crippen molar-refractivity contribution in [3.8, 4) is 11.1 Å². The molecule has 39 heavy (non-hydrogen) atoms. The van der Waals surface area contributed by atoms with Gasteiger partial charge in [0.05, 0.1) is 28.0 Å². The van der Waals surface area contributed by atoms with Gasteiger partial charge in [-0.15, -0.1) is 0 Å². The number of imidazole rings is 1. The predicted octanol–water partition coefficient (Wildman–Crippen LogP) is 6.46. The van der Waals surface area contributed by atoms with E-state index in [9.17, 15) is 31.1 Å². The highest BCUT2D eigenvalue weighted by atomic mass is 19.4. The first-order chi connectivity index (χ1) is 18.4. The van der Waals surface area contributed by atoms with Crippen molar-refractivity contribution < 1.29 is 31.1 Å². The fourth-order valence-electron chi connectivity index (χ4n) is 5.43. The van der Waals surface area contributed by atoms with Crippen LogP contribution in [-0.4, -0.2) is 33.3 Å². The maximum absolute atomic E-state index is 14.6. The van der Waals surface area contributed by atoms with Crippen LogP contribution in [0.15, 0.2) is 42.6 Å². The minimum atomic E-state index is -4.71. The van der Waals surface area contributed by atoms with E-state index in [1.165, 1.54) is 22.7 Å². The number of aryl methyl sites for hydroxylation is 2. The summed E-state index contributed by atoms with van der Waals surface area (Å²) in [4.78, 5) is 19.7. The van der Waals surface area contributed by atoms with Gasteiger partial charge in [-0.3, -0.25) is 4.79 Å². The highest BCUT2D eigenvalue weighted by molar-refractivity contribution is 6.10. The van der Waals surface area contributed by atoms with Gasteiger partial charge < -0.3 is 13.9 Å². The maximum Gasteiger partial charge on any atom is 0.417 e. The van der Waals surface area contributed by atoms with Crippen molar-refractivity contribution in [2.24, 2.45) is 7.05 Å². The summed E-state index contributed by atoms with van der Waals surface area (Å²) in [6.45, 7) is 2.02. The Kier molecular flexibility index (Phi) is 5.36. The minimum Gasteiger partial charge on any atom is -0.372 e. The lowest BCUT2D eigenvalue weighted by molar-refractivity contribution is -0.137. The highest BCUT2D eigenvalue weighted by Crippen LogP contribution is 2.48. The number of halogens is 6. The van der Waals surface area contributed by atoms with E-state index in [2.05, 4.69) is 4.98 Å². The van der Waals surface area contributed by atoms with Crippen LogP contribution in [-0.2, 0) is 19.6 Å². The summed E-state index contributed by atoms with van der Waals surface area (Å²) in [5.74, 6) is -4.98. The molecular weight excluding hydrogens is 522 g/mol. The normalized spacial score (nSPS) is 13.6. The topological polar surface area (TPSA) is 42.5 Å². The molecule has 5 aromatic rings. The number of likely N-dealkylation sites (N-methyl/N-ethyl adjacent to an activating group) is 1. The molecule has 2 aromatic carbocycles. The van der Waals surface area contributed by atoms with Crippen molar-refractivity contribution in [2.45, 2.75) is 19.5 Å². The summed E-state index contributed by atoms with van der Waals surface area (Å²) in [6.07, 6.45) is -2.84. The number of hydrogen-bond acceptors (Lipinski definition) is 3. The SMILES string of the molecule is Cc1nc2c3c(c(C(F)(F)F)cc2n1C)-c1cccn2c(C(=O)c4cc(F)c(F)c(F)c4)cc(c12)CCN3C. The summed E-state index contributed by atoms with van der Waals surface area (Å²) < 4.78 is 88.2. The number of nitrogens with zero attached hydrogens (tertiary/aromatic N) is 4. The lowest BCUT2D eigenvalue weighted by atomic mass is 9.92. The molecule has 0 aliphatic carbocycles. The number of benzene rings is 2. The van der Waals surface area contributed by atoms with E-state index < -0.39 is 40.5 Å². The Labute approximate surface area is 217 Å². The predicted molar refractivity (Wildman–Crippen MR) is 134 cm³/mol. The summed E-state index contributed by atoms with van der Waals surface area (Å²) >= 11 is 0. The largest absolute Gasteiger partial charge is 0.417 e. The number of pyridine rings is 1. The lowest BCUT2D eigenvalue weighted by Crippen LogP contribution is -2.24. The molecule has 0 fully saturated rings. The smallest absolute Gasteiger partial charge is 0.372 e. The van der Waals surface area contributed by atoms with Gasteiger partial charge in [0.25, 0.3) is 0 Å². The van der Waals surface area contributed by atoms with E-state index >= 15 is 0 Å². The molecule has 200 valence electrons. The second-order valence-corrected chi connectivity index (χ2v) is 9.68. The third-order valence-corrected chi connectivity index (χ3v) is 7.39. The van der Waals surface area contributed by atoms with Crippen LogP contribution in [0.25, 0.3) is 27.7 Å². The summed E-state index contributed by atoms with van der Waals surface area (Å²) in [5.41, 5.74) is 0.918. The number of carbonyl (C=O) groups is 1. The molecule has 0 atom stereocenters. The van der Waals surface area contributed by atoms with Gasteiger partial charge in [-0.25, -0.2) is 18.2 Å². The fourth-order valence-corrected chi connectivity index (χ4v) is 5.43. The zero-order chi connectivity index (χ0) is 28.0. The number of hydrogen-bond donors (Lipinski definition) is 0. The molecule has 0 saturated heterocycles. The van der Waals surface area contributed by atoms with Gasteiger partial charge in [-0.05, 0) is 49.2 Å². The Morgan fingerprint density at radius 2 is 1.72 bits per heavy atom. The lowest BCUT2D eigenvalue weighted by Gasteiger charge is -2.28. The van der Waals surface area contributed by atoms with E-state index in [0.29, 0.717) is 58.7 Å². The van der Waals surface area contributed by atoms with Crippen LogP contribution in [0.3, 0.4) is 0 Å².